The van der Waals surface area contributed by atoms with Gasteiger partial charge in [0, 0.05) is 29.7 Å². The molecule has 0 unspecified atom stereocenters. The second-order valence-electron chi connectivity index (χ2n) is 5.79. The normalized spacial score (nSPS) is 11.5. The molecule has 2 N–H and O–H groups in total. The van der Waals surface area contributed by atoms with Crippen LogP contribution in [-0.4, -0.2) is 45.9 Å². The van der Waals surface area contributed by atoms with Crippen LogP contribution in [-0.2, 0) is 4.74 Å². The summed E-state index contributed by atoms with van der Waals surface area (Å²) < 4.78 is 70.8. The lowest BCUT2D eigenvalue weighted by Gasteiger charge is -2.15. The van der Waals surface area contributed by atoms with Gasteiger partial charge in [-0.1, -0.05) is 0 Å². The molecule has 29 heavy (non-hydrogen) atoms. The number of ether oxygens (including phenoxy) is 1. The number of imidazole rings is 1. The quantitative estimate of drug-likeness (QED) is 0.381. The number of pyridine rings is 2. The summed E-state index contributed by atoms with van der Waals surface area (Å²) in [5.41, 5.74) is -1.46. The van der Waals surface area contributed by atoms with Crippen molar-refractivity contribution in [1.82, 2.24) is 14.4 Å². The van der Waals surface area contributed by atoms with Crippen LogP contribution in [0.2, 0.25) is 0 Å². The van der Waals surface area contributed by atoms with Crippen molar-refractivity contribution >= 4 is 23.0 Å². The Morgan fingerprint density at radius 3 is 2.62 bits per heavy atom. The van der Waals surface area contributed by atoms with Crippen LogP contribution in [0.3, 0.4) is 0 Å². The highest BCUT2D eigenvalue weighted by atomic mass is 19.4. The fraction of sp³-hybridized carbons (Fsp3) is 0.176. The van der Waals surface area contributed by atoms with E-state index in [1.165, 1.54) is 0 Å². The van der Waals surface area contributed by atoms with Gasteiger partial charge in [-0.05, 0) is 6.07 Å². The lowest BCUT2D eigenvalue weighted by atomic mass is 10.1. The van der Waals surface area contributed by atoms with Crippen molar-refractivity contribution in [3.8, 4) is 0 Å². The smallest absolute Gasteiger partial charge is 0.405 e. The molecule has 12 heteroatoms. The average molecular weight is 413 g/mol. The van der Waals surface area contributed by atoms with Gasteiger partial charge in [-0.25, -0.2) is 23.5 Å². The number of esters is 1. The first-order chi connectivity index (χ1) is 13.6. The molecule has 3 aromatic heterocycles. The molecule has 152 valence electrons. The van der Waals surface area contributed by atoms with Crippen LogP contribution in [0.5, 0.6) is 0 Å². The standard InChI is InChI=1S/C17H12F5N5O2/c1-29-16(28)12-3-11(26-7-17(20,21)22)9(4-24-12)14(23)13-5-25-15-10(19)2-8(18)6-27(13)15/h2-6,23H,7H2,1H3,(H,24,26). The number of carbonyl (C=O) groups excluding carboxylic acids is 1. The molecule has 0 bridgehead atoms. The molecule has 0 amide bonds. The second kappa shape index (κ2) is 7.45. The minimum atomic E-state index is -4.58. The molecule has 3 heterocycles. The van der Waals surface area contributed by atoms with E-state index in [1.807, 2.05) is 0 Å². The number of nitrogens with zero attached hydrogens (tertiary/aromatic N) is 3. The van der Waals surface area contributed by atoms with Crippen molar-refractivity contribution in [2.45, 2.75) is 6.18 Å². The zero-order valence-corrected chi connectivity index (χ0v) is 14.6. The van der Waals surface area contributed by atoms with E-state index in [2.05, 4.69) is 20.0 Å². The fourth-order valence-corrected chi connectivity index (χ4v) is 2.55. The molecule has 0 saturated heterocycles. The Bertz CT molecular complexity index is 1110. The number of halogens is 5. The Balaban J connectivity index is 2.09. The van der Waals surface area contributed by atoms with E-state index in [4.69, 9.17) is 5.41 Å². The molecule has 0 aliphatic carbocycles. The Labute approximate surface area is 159 Å². The maximum absolute atomic E-state index is 13.8. The summed E-state index contributed by atoms with van der Waals surface area (Å²) in [6, 6.07) is 1.60. The molecule has 0 aliphatic rings. The molecule has 0 radical (unpaired) electrons. The molecule has 3 aromatic rings. The van der Waals surface area contributed by atoms with E-state index < -0.39 is 36.0 Å². The van der Waals surface area contributed by atoms with Gasteiger partial charge in [0.15, 0.2) is 11.5 Å². The van der Waals surface area contributed by atoms with Crippen LogP contribution in [0, 0.1) is 17.0 Å². The third kappa shape index (κ3) is 4.15. The average Bonchev–Trinajstić information content (AvgIpc) is 3.08. The van der Waals surface area contributed by atoms with Gasteiger partial charge in [0.05, 0.1) is 24.7 Å². The van der Waals surface area contributed by atoms with E-state index in [9.17, 15) is 26.7 Å². The molecular formula is C17H12F5N5O2. The van der Waals surface area contributed by atoms with Crippen molar-refractivity contribution in [2.75, 3.05) is 19.0 Å². The number of alkyl halides is 3. The number of hydrogen-bond donors (Lipinski definition) is 2. The Morgan fingerprint density at radius 1 is 1.24 bits per heavy atom. The van der Waals surface area contributed by atoms with E-state index in [1.54, 1.807) is 0 Å². The van der Waals surface area contributed by atoms with Crippen LogP contribution in [0.1, 0.15) is 21.7 Å². The van der Waals surface area contributed by atoms with E-state index in [0.29, 0.717) is 6.07 Å². The van der Waals surface area contributed by atoms with Crippen molar-refractivity contribution in [3.05, 3.63) is 59.3 Å². The van der Waals surface area contributed by atoms with Crippen LogP contribution < -0.4 is 5.32 Å². The summed E-state index contributed by atoms with van der Waals surface area (Å²) in [5.74, 6) is -2.80. The fourth-order valence-electron chi connectivity index (χ4n) is 2.55. The number of fused-ring (bicyclic) bond motifs is 1. The van der Waals surface area contributed by atoms with Crippen molar-refractivity contribution in [2.24, 2.45) is 0 Å². The van der Waals surface area contributed by atoms with Gasteiger partial charge < -0.3 is 10.1 Å². The summed E-state index contributed by atoms with van der Waals surface area (Å²) in [6.07, 6.45) is -1.64. The van der Waals surface area contributed by atoms with Crippen molar-refractivity contribution in [1.29, 1.82) is 5.41 Å². The lowest BCUT2D eigenvalue weighted by molar-refractivity contribution is -0.115. The monoisotopic (exact) mass is 413 g/mol. The third-order valence-electron chi connectivity index (χ3n) is 3.83. The Morgan fingerprint density at radius 2 is 1.97 bits per heavy atom. The van der Waals surface area contributed by atoms with Gasteiger partial charge in [-0.15, -0.1) is 0 Å². The Hall–Kier alpha value is -3.57. The number of aromatic nitrogens is 3. The number of nitrogens with one attached hydrogen (secondary N) is 2. The van der Waals surface area contributed by atoms with Gasteiger partial charge in [-0.3, -0.25) is 9.81 Å². The lowest BCUT2D eigenvalue weighted by Crippen LogP contribution is -2.23. The van der Waals surface area contributed by atoms with Gasteiger partial charge in [0.2, 0.25) is 0 Å². The zero-order valence-electron chi connectivity index (χ0n) is 14.6. The van der Waals surface area contributed by atoms with Gasteiger partial charge >= 0.3 is 12.1 Å². The molecule has 0 atom stereocenters. The molecule has 0 aliphatic heterocycles. The highest BCUT2D eigenvalue weighted by molar-refractivity contribution is 6.13. The SMILES string of the molecule is COC(=O)c1cc(NCC(F)(F)F)c(C(=N)c2cnc3c(F)cc(F)cn23)cn1. The van der Waals surface area contributed by atoms with Crippen LogP contribution in [0.15, 0.2) is 30.7 Å². The predicted octanol–water partition coefficient (Wildman–Crippen LogP) is 3.18. The largest absolute Gasteiger partial charge is 0.464 e. The number of carbonyl (C=O) groups is 1. The summed E-state index contributed by atoms with van der Waals surface area (Å²) in [6.45, 7) is -1.45. The van der Waals surface area contributed by atoms with Gasteiger partial charge in [-0.2, -0.15) is 13.2 Å². The van der Waals surface area contributed by atoms with Crippen LogP contribution in [0.4, 0.5) is 27.6 Å². The number of hydrogen-bond acceptors (Lipinski definition) is 6. The number of methoxy groups -OCH3 is 1. The van der Waals surface area contributed by atoms with Crippen molar-refractivity contribution < 1.29 is 31.5 Å². The van der Waals surface area contributed by atoms with Crippen molar-refractivity contribution in [3.63, 3.8) is 0 Å². The van der Waals surface area contributed by atoms with E-state index in [0.717, 1.165) is 36.2 Å². The highest BCUT2D eigenvalue weighted by Gasteiger charge is 2.28. The molecular weight excluding hydrogens is 401 g/mol. The van der Waals surface area contributed by atoms with Crippen LogP contribution in [0.25, 0.3) is 5.65 Å². The minimum Gasteiger partial charge on any atom is -0.464 e. The number of anilines is 1. The first-order valence-corrected chi connectivity index (χ1v) is 7.91. The predicted molar refractivity (Wildman–Crippen MR) is 91.2 cm³/mol. The maximum Gasteiger partial charge on any atom is 0.405 e. The van der Waals surface area contributed by atoms with E-state index in [-0.39, 0.29) is 28.3 Å². The third-order valence-corrected chi connectivity index (χ3v) is 3.83. The molecule has 0 aromatic carbocycles. The van der Waals surface area contributed by atoms with Gasteiger partial charge in [0.1, 0.15) is 18.1 Å². The summed E-state index contributed by atoms with van der Waals surface area (Å²) in [4.78, 5) is 19.2. The maximum atomic E-state index is 13.8. The van der Waals surface area contributed by atoms with E-state index >= 15 is 0 Å². The molecule has 0 spiro atoms. The minimum absolute atomic E-state index is 0.0962. The first-order valence-electron chi connectivity index (χ1n) is 7.91. The van der Waals surface area contributed by atoms with Gasteiger partial charge in [0.25, 0.3) is 0 Å². The Kier molecular flexibility index (Phi) is 5.18. The second-order valence-corrected chi connectivity index (χ2v) is 5.79. The number of rotatable bonds is 5. The summed E-state index contributed by atoms with van der Waals surface area (Å²) in [7, 11) is 1.07. The topological polar surface area (TPSA) is 92.4 Å². The molecule has 7 nitrogen and oxygen atoms in total. The zero-order chi connectivity index (χ0) is 21.3. The van der Waals surface area contributed by atoms with Crippen LogP contribution >= 0.6 is 0 Å². The highest BCUT2D eigenvalue weighted by Crippen LogP contribution is 2.24. The molecule has 3 rings (SSSR count). The molecule has 0 saturated carbocycles. The molecule has 0 fully saturated rings. The summed E-state index contributed by atoms with van der Waals surface area (Å²) in [5, 5.41) is 10.4. The summed E-state index contributed by atoms with van der Waals surface area (Å²) >= 11 is 0. The first kappa shape index (κ1) is 20.2.